The molecule has 1 unspecified atom stereocenters. The van der Waals surface area contributed by atoms with Crippen molar-refractivity contribution < 1.29 is 27.5 Å². The number of morpholine rings is 1. The van der Waals surface area contributed by atoms with Crippen LogP contribution in [-0.4, -0.2) is 93.5 Å². The van der Waals surface area contributed by atoms with Crippen LogP contribution in [0, 0.1) is 5.92 Å². The van der Waals surface area contributed by atoms with Crippen molar-refractivity contribution in [3.8, 4) is 0 Å². The zero-order valence-electron chi connectivity index (χ0n) is 19.0. The van der Waals surface area contributed by atoms with E-state index in [0.29, 0.717) is 58.5 Å². The third-order valence-corrected chi connectivity index (χ3v) is 8.50. The molecule has 3 amide bonds. The smallest absolute Gasteiger partial charge is 0.320 e. The molecule has 184 valence electrons. The number of rotatable bonds is 3. The van der Waals surface area contributed by atoms with Crippen LogP contribution in [-0.2, 0) is 24.3 Å². The number of ether oxygens (including phenoxy) is 2. The van der Waals surface area contributed by atoms with Gasteiger partial charge in [0.25, 0.3) is 10.0 Å². The van der Waals surface area contributed by atoms with Crippen molar-refractivity contribution in [3.05, 3.63) is 30.3 Å². The SMILES string of the molecule is O=C1CO[C@H]2CCN(C(=O)N3CCC4(CC3)CC(/C=N/S(=O)(=O)c3ccccc3)CO4)C[C@H]2N1. The van der Waals surface area contributed by atoms with Crippen LogP contribution in [0.25, 0.3) is 0 Å². The average Bonchev–Trinajstić information content (AvgIpc) is 3.25. The number of amides is 3. The van der Waals surface area contributed by atoms with Gasteiger partial charge in [0, 0.05) is 38.3 Å². The highest BCUT2D eigenvalue weighted by Gasteiger charge is 2.44. The molecule has 4 fully saturated rings. The molecular formula is C23H30N4O6S. The van der Waals surface area contributed by atoms with Gasteiger partial charge in [-0.2, -0.15) is 12.8 Å². The lowest BCUT2D eigenvalue weighted by atomic mass is 9.86. The van der Waals surface area contributed by atoms with E-state index in [-0.39, 0.29) is 47.1 Å². The summed E-state index contributed by atoms with van der Waals surface area (Å²) in [5.74, 6) is -0.210. The van der Waals surface area contributed by atoms with E-state index in [0.717, 1.165) is 0 Å². The first-order chi connectivity index (χ1) is 16.3. The molecule has 1 N–H and O–H groups in total. The van der Waals surface area contributed by atoms with Crippen molar-refractivity contribution in [2.24, 2.45) is 10.3 Å². The maximum absolute atomic E-state index is 13.1. The van der Waals surface area contributed by atoms with Gasteiger partial charge in [-0.25, -0.2) is 4.79 Å². The van der Waals surface area contributed by atoms with Crippen LogP contribution in [0.5, 0.6) is 0 Å². The second-order valence-electron chi connectivity index (χ2n) is 9.53. The number of hydrogen-bond acceptors (Lipinski definition) is 6. The highest BCUT2D eigenvalue weighted by Crippen LogP contribution is 2.38. The molecule has 0 aliphatic carbocycles. The van der Waals surface area contributed by atoms with Gasteiger partial charge in [-0.05, 0) is 37.8 Å². The molecule has 11 heteroatoms. The van der Waals surface area contributed by atoms with Gasteiger partial charge < -0.3 is 24.6 Å². The van der Waals surface area contributed by atoms with Gasteiger partial charge in [0.15, 0.2) is 0 Å². The van der Waals surface area contributed by atoms with Gasteiger partial charge >= 0.3 is 6.03 Å². The van der Waals surface area contributed by atoms with Crippen LogP contribution in [0.2, 0.25) is 0 Å². The van der Waals surface area contributed by atoms with Gasteiger partial charge in [-0.3, -0.25) is 4.79 Å². The second-order valence-corrected chi connectivity index (χ2v) is 11.2. The van der Waals surface area contributed by atoms with Crippen molar-refractivity contribution in [2.45, 2.75) is 48.3 Å². The summed E-state index contributed by atoms with van der Waals surface area (Å²) < 4.78 is 40.4. The Morgan fingerprint density at radius 3 is 2.68 bits per heavy atom. The highest BCUT2D eigenvalue weighted by atomic mass is 32.2. The predicted octanol–water partition coefficient (Wildman–Crippen LogP) is 1.03. The van der Waals surface area contributed by atoms with E-state index >= 15 is 0 Å². The Kier molecular flexibility index (Phi) is 6.34. The third-order valence-electron chi connectivity index (χ3n) is 7.23. The molecular weight excluding hydrogens is 460 g/mol. The lowest BCUT2D eigenvalue weighted by Crippen LogP contribution is -2.63. The molecule has 0 bridgehead atoms. The molecule has 4 heterocycles. The number of likely N-dealkylation sites (tertiary alicyclic amines) is 2. The van der Waals surface area contributed by atoms with Crippen LogP contribution in [0.4, 0.5) is 4.79 Å². The van der Waals surface area contributed by atoms with Crippen LogP contribution in [0.3, 0.4) is 0 Å². The van der Waals surface area contributed by atoms with E-state index in [1.807, 2.05) is 4.90 Å². The molecule has 4 aliphatic heterocycles. The predicted molar refractivity (Wildman–Crippen MR) is 123 cm³/mol. The second kappa shape index (κ2) is 9.27. The minimum atomic E-state index is -3.71. The number of nitrogens with one attached hydrogen (secondary N) is 1. The molecule has 4 aliphatic rings. The van der Waals surface area contributed by atoms with E-state index < -0.39 is 10.0 Å². The Morgan fingerprint density at radius 2 is 1.91 bits per heavy atom. The number of fused-ring (bicyclic) bond motifs is 1. The molecule has 1 aromatic rings. The number of carbonyl (C=O) groups excluding carboxylic acids is 2. The van der Waals surface area contributed by atoms with Crippen LogP contribution >= 0.6 is 0 Å². The minimum Gasteiger partial charge on any atom is -0.374 e. The molecule has 1 aromatic carbocycles. The van der Waals surface area contributed by atoms with E-state index in [2.05, 4.69) is 9.71 Å². The minimum absolute atomic E-state index is 0.0156. The van der Waals surface area contributed by atoms with Crippen LogP contribution < -0.4 is 5.32 Å². The monoisotopic (exact) mass is 490 g/mol. The lowest BCUT2D eigenvalue weighted by molar-refractivity contribution is -0.139. The first-order valence-electron chi connectivity index (χ1n) is 11.8. The van der Waals surface area contributed by atoms with Crippen LogP contribution in [0.15, 0.2) is 39.6 Å². The van der Waals surface area contributed by atoms with Gasteiger partial charge in [0.2, 0.25) is 5.91 Å². The molecule has 1 spiro atoms. The topological polar surface area (TPSA) is 118 Å². The Labute approximate surface area is 199 Å². The Morgan fingerprint density at radius 1 is 1.15 bits per heavy atom. The summed E-state index contributed by atoms with van der Waals surface area (Å²) in [5.41, 5.74) is -0.345. The number of sulfonamides is 1. The Balaban J connectivity index is 1.13. The third kappa shape index (κ3) is 4.82. The van der Waals surface area contributed by atoms with Crippen molar-refractivity contribution in [3.63, 3.8) is 0 Å². The summed E-state index contributed by atoms with van der Waals surface area (Å²) >= 11 is 0. The average molecular weight is 491 g/mol. The number of nitrogens with zero attached hydrogens (tertiary/aromatic N) is 3. The summed E-state index contributed by atoms with van der Waals surface area (Å²) in [6, 6.07) is 8.00. The van der Waals surface area contributed by atoms with Crippen LogP contribution in [0.1, 0.15) is 25.7 Å². The van der Waals surface area contributed by atoms with Gasteiger partial charge in [0.1, 0.15) is 6.61 Å². The van der Waals surface area contributed by atoms with Gasteiger partial charge in [-0.1, -0.05) is 18.2 Å². The van der Waals surface area contributed by atoms with Crippen molar-refractivity contribution in [1.82, 2.24) is 15.1 Å². The molecule has 0 saturated carbocycles. The molecule has 5 rings (SSSR count). The number of hydrogen-bond donors (Lipinski definition) is 1. The standard InChI is InChI=1S/C23H30N4O6S/c28-21-16-32-20-6-9-27(14-19(20)25-21)22(29)26-10-7-23(8-11-26)12-17(15-33-23)13-24-34(30,31)18-4-2-1-3-5-18/h1-5,13,17,19-20H,6-12,14-16H2,(H,25,28)/b24-13+/t17?,19-,20+/m1/s1. The number of piperidine rings is 2. The summed E-state index contributed by atoms with van der Waals surface area (Å²) in [6.45, 7) is 2.75. The highest BCUT2D eigenvalue weighted by molar-refractivity contribution is 7.90. The molecule has 34 heavy (non-hydrogen) atoms. The van der Waals surface area contributed by atoms with Crippen molar-refractivity contribution in [2.75, 3.05) is 39.4 Å². The zero-order valence-corrected chi connectivity index (χ0v) is 19.8. The first kappa shape index (κ1) is 23.3. The Bertz CT molecular complexity index is 1050. The van der Waals surface area contributed by atoms with E-state index in [1.165, 1.54) is 18.3 Å². The maximum Gasteiger partial charge on any atom is 0.320 e. The molecule has 0 aromatic heterocycles. The van der Waals surface area contributed by atoms with Crippen molar-refractivity contribution >= 4 is 28.2 Å². The fourth-order valence-electron chi connectivity index (χ4n) is 5.32. The summed E-state index contributed by atoms with van der Waals surface area (Å²) in [6.07, 6.45) is 4.29. The maximum atomic E-state index is 13.1. The summed E-state index contributed by atoms with van der Waals surface area (Å²) in [4.78, 5) is 28.6. The van der Waals surface area contributed by atoms with Gasteiger partial charge in [-0.15, -0.1) is 0 Å². The normalized spacial score (nSPS) is 29.3. The number of carbonyl (C=O) groups is 2. The van der Waals surface area contributed by atoms with E-state index in [9.17, 15) is 18.0 Å². The Hall–Kier alpha value is -2.50. The van der Waals surface area contributed by atoms with E-state index in [1.54, 1.807) is 23.1 Å². The summed E-state index contributed by atoms with van der Waals surface area (Å²) in [7, 11) is -3.71. The molecule has 0 radical (unpaired) electrons. The molecule has 3 atom stereocenters. The van der Waals surface area contributed by atoms with Crippen molar-refractivity contribution in [1.29, 1.82) is 0 Å². The lowest BCUT2D eigenvalue weighted by Gasteiger charge is -2.44. The number of benzene rings is 1. The first-order valence-corrected chi connectivity index (χ1v) is 13.2. The summed E-state index contributed by atoms with van der Waals surface area (Å²) in [5, 5.41) is 2.93. The fraction of sp³-hybridized carbons (Fsp3) is 0.609. The van der Waals surface area contributed by atoms with E-state index in [4.69, 9.17) is 9.47 Å². The quantitative estimate of drug-likeness (QED) is 0.633. The molecule has 4 saturated heterocycles. The largest absolute Gasteiger partial charge is 0.374 e. The molecule has 10 nitrogen and oxygen atoms in total. The van der Waals surface area contributed by atoms with Gasteiger partial charge in [0.05, 0.1) is 29.2 Å². The number of urea groups is 1. The fourth-order valence-corrected chi connectivity index (χ4v) is 6.28. The zero-order chi connectivity index (χ0) is 23.8.